The largest absolute Gasteiger partial charge is 2.00 e. The topological polar surface area (TPSA) is 143 Å². The maximum atomic E-state index is 10.7. The first-order valence-corrected chi connectivity index (χ1v) is 29.9. The summed E-state index contributed by atoms with van der Waals surface area (Å²) in [4.78, 5) is 29.2. The predicted octanol–water partition coefficient (Wildman–Crippen LogP) is 19.7. The monoisotopic (exact) mass is 1280 g/mol. The number of aromatic carboxylic acids is 1. The Morgan fingerprint density at radius 3 is 1.31 bits per heavy atom. The van der Waals surface area contributed by atoms with Crippen LogP contribution in [-0.4, -0.2) is 50.5 Å². The van der Waals surface area contributed by atoms with E-state index in [0.717, 1.165) is 44.2 Å². The summed E-state index contributed by atoms with van der Waals surface area (Å²) in [5, 5.41) is 42.3. The third-order valence-corrected chi connectivity index (χ3v) is 18.4. The van der Waals surface area contributed by atoms with E-state index in [1.807, 2.05) is 41.1 Å². The number of pyridine rings is 4. The van der Waals surface area contributed by atoms with Crippen molar-refractivity contribution in [2.75, 3.05) is 0 Å². The second-order valence-corrected chi connectivity index (χ2v) is 23.3. The van der Waals surface area contributed by atoms with Crippen LogP contribution in [0.5, 0.6) is 0 Å². The summed E-state index contributed by atoms with van der Waals surface area (Å²) in [5.41, 5.74) is 12.5. The fourth-order valence-electron chi connectivity index (χ4n) is 10.8. The average molecular weight is 1280 g/mol. The van der Waals surface area contributed by atoms with Crippen molar-refractivity contribution in [1.82, 2.24) is 29.1 Å². The molecule has 10 nitrogen and oxygen atoms in total. The molecule has 0 fully saturated rings. The molecule has 10 aromatic heterocycles. The van der Waals surface area contributed by atoms with Crippen LogP contribution in [0.3, 0.4) is 0 Å². The first-order chi connectivity index (χ1) is 40.8. The van der Waals surface area contributed by atoms with Crippen molar-refractivity contribution in [1.29, 1.82) is 0 Å². The quantitative estimate of drug-likeness (QED) is 0.0944. The van der Waals surface area contributed by atoms with Crippen molar-refractivity contribution in [3.05, 3.63) is 240 Å². The third-order valence-electron chi connectivity index (χ3n) is 14.4. The van der Waals surface area contributed by atoms with E-state index in [1.165, 1.54) is 112 Å². The first-order valence-electron chi connectivity index (χ1n) is 25.7. The van der Waals surface area contributed by atoms with Crippen molar-refractivity contribution in [3.8, 4) is 55.0 Å². The molecule has 0 saturated heterocycles. The molecule has 0 bridgehead atoms. The van der Waals surface area contributed by atoms with Gasteiger partial charge in [-0.1, -0.05) is 103 Å². The molecule has 16 rings (SSSR count). The molecule has 402 valence electrons. The van der Waals surface area contributed by atoms with Gasteiger partial charge in [0.25, 0.3) is 0 Å². The van der Waals surface area contributed by atoms with Crippen molar-refractivity contribution >= 4 is 170 Å². The predicted molar refractivity (Wildman–Crippen MR) is 355 cm³/mol. The van der Waals surface area contributed by atoms with E-state index in [9.17, 15) is 4.79 Å². The molecule has 0 radical (unpaired) electrons. The van der Waals surface area contributed by atoms with E-state index < -0.39 is 5.97 Å². The molecule has 16 aromatic rings. The molecule has 0 saturated carbocycles. The van der Waals surface area contributed by atoms with E-state index in [4.69, 9.17) is 25.9 Å². The number of benzene rings is 6. The van der Waals surface area contributed by atoms with Gasteiger partial charge in [0.1, 0.15) is 0 Å². The number of carbonyl (C=O) groups is 1. The number of fused-ring (bicyclic) bond motifs is 12. The van der Waals surface area contributed by atoms with E-state index in [-0.39, 0.29) is 25.0 Å². The van der Waals surface area contributed by atoms with Gasteiger partial charge in [-0.15, -0.1) is 45.3 Å². The van der Waals surface area contributed by atoms with Crippen molar-refractivity contribution in [3.63, 3.8) is 0 Å². The van der Waals surface area contributed by atoms with Crippen LogP contribution >= 0.6 is 69.8 Å². The molecule has 0 atom stereocenters. The van der Waals surface area contributed by atoms with Gasteiger partial charge < -0.3 is 15.9 Å². The van der Waals surface area contributed by atoms with Crippen LogP contribution in [0.25, 0.3) is 150 Å². The summed E-state index contributed by atoms with van der Waals surface area (Å²) in [6, 6.07) is 66.5. The molecule has 0 unspecified atom stereocenters. The minimum atomic E-state index is -0.963. The summed E-state index contributed by atoms with van der Waals surface area (Å²) in [7, 11) is 0. The van der Waals surface area contributed by atoms with E-state index in [2.05, 4.69) is 212 Å². The van der Waals surface area contributed by atoms with Gasteiger partial charge in [0, 0.05) is 74.3 Å². The number of isothiocyanates is 2. The van der Waals surface area contributed by atoms with Crippen LogP contribution in [0.15, 0.2) is 224 Å². The van der Waals surface area contributed by atoms with Gasteiger partial charge in [0.15, 0.2) is 0 Å². The molecule has 1 N–H and O–H groups in total. The summed E-state index contributed by atoms with van der Waals surface area (Å²) in [6.45, 7) is 0. The molecule has 0 aliphatic heterocycles. The smallest absolute Gasteiger partial charge is 0.753 e. The molecule has 0 amide bonds. The Hall–Kier alpha value is -8.95. The number of carboxylic acids is 1. The van der Waals surface area contributed by atoms with Crippen molar-refractivity contribution < 1.29 is 29.4 Å². The Bertz CT molecular complexity index is 4930. The van der Waals surface area contributed by atoms with E-state index in [0.29, 0.717) is 11.4 Å². The van der Waals surface area contributed by atoms with Gasteiger partial charge in [-0.3, -0.25) is 29.1 Å². The van der Waals surface area contributed by atoms with Crippen molar-refractivity contribution in [2.45, 2.75) is 0 Å². The molecule has 10 heterocycles. The molecule has 0 aliphatic carbocycles. The number of carboxylic acid groups (broad SMARTS) is 1. The SMILES string of the molecule is O=C(O)c1ccnc(-c2ccccn2)c1.[N-]=C=S.[N-]=C=S.[Ru+2].c1csc(-n2c3ccc(-c4ccc5c(c4)sc4ccccc45)cc3c3cc(-c4cc5c6cc(-c7ccc8c(c7)sc7ccccc78)ccc6n(-c6cccs6)c5cn4)ncc32)c1. The zero-order valence-corrected chi connectivity index (χ0v) is 50.2. The van der Waals surface area contributed by atoms with Gasteiger partial charge in [-0.05, 0) is 142 Å². The Morgan fingerprint density at radius 1 is 0.417 bits per heavy atom. The van der Waals surface area contributed by atoms with Crippen LogP contribution < -0.4 is 0 Å². The molecule has 84 heavy (non-hydrogen) atoms. The summed E-state index contributed by atoms with van der Waals surface area (Å²) < 4.78 is 9.97. The Balaban J connectivity index is 0.000000270. The minimum Gasteiger partial charge on any atom is -0.753 e. The first kappa shape index (κ1) is 55.6. The van der Waals surface area contributed by atoms with E-state index >= 15 is 0 Å². The number of hydrogen-bond donors (Lipinski definition) is 1. The average Bonchev–Trinajstić information content (AvgIpc) is 2.66. The number of aromatic nitrogens is 6. The Morgan fingerprint density at radius 2 is 0.845 bits per heavy atom. The Kier molecular flexibility index (Phi) is 15.9. The molecular weight excluding hydrogens is 1240 g/mol. The van der Waals surface area contributed by atoms with Gasteiger partial charge in [0.05, 0.1) is 72.8 Å². The van der Waals surface area contributed by atoms with Gasteiger partial charge >= 0.3 is 25.4 Å². The normalized spacial score (nSPS) is 11.0. The maximum Gasteiger partial charge on any atom is 2.00 e. The zero-order chi connectivity index (χ0) is 56.6. The molecule has 6 aromatic carbocycles. The number of thiocarbonyl (C=S) groups is 2. The van der Waals surface area contributed by atoms with Crippen LogP contribution in [0, 0.1) is 0 Å². The third kappa shape index (κ3) is 10.4. The van der Waals surface area contributed by atoms with E-state index in [1.54, 1.807) is 41.0 Å². The van der Waals surface area contributed by atoms with Crippen molar-refractivity contribution in [2.24, 2.45) is 0 Å². The van der Waals surface area contributed by atoms with Crippen LogP contribution in [0.1, 0.15) is 10.4 Å². The molecule has 17 heteroatoms. The number of nitrogens with zero attached hydrogens (tertiary/aromatic N) is 8. The van der Waals surface area contributed by atoms with Gasteiger partial charge in [0.2, 0.25) is 0 Å². The summed E-state index contributed by atoms with van der Waals surface area (Å²) >= 11 is 14.6. The fourth-order valence-corrected chi connectivity index (χ4v) is 14.6. The number of hydrogen-bond acceptors (Lipinski definition) is 11. The number of thiophene rings is 4. The summed E-state index contributed by atoms with van der Waals surface area (Å²) in [5.74, 6) is -0.963. The molecule has 0 aliphatic rings. The Labute approximate surface area is 519 Å². The zero-order valence-electron chi connectivity index (χ0n) is 43.6. The minimum absolute atomic E-state index is 0. The standard InChI is InChI=1S/C54H30N4S4.C11H8N2O2.2CNS.Ru/c1-3-9-49-35(7-1)37-17-13-33(25-51(37)61-49)31-15-19-45-39(23-31)41-27-43(55-29-47(41)57(45)53-11-5-21-59-53)44-28-42-40-24-32(16-20-46(40)58(48(42)30-56-44)54-12-6-22-60-54)34-14-18-38-36-8-2-4-10-50(36)62-52(38)26-34;14-11(15)8-4-6-13-10(7-8)9-3-1-2-5-12-9;2*2-1-3;/h1-30H;1-7H,(H,14,15);;;/q;;2*-1;+2. The second kappa shape index (κ2) is 24.1. The van der Waals surface area contributed by atoms with Crippen LogP contribution in [0.2, 0.25) is 0 Å². The second-order valence-electron chi connectivity index (χ2n) is 19.0. The maximum absolute atomic E-state index is 10.7. The summed E-state index contributed by atoms with van der Waals surface area (Å²) in [6.07, 6.45) is 7.19. The molecular formula is C67H38N8O2RuS6. The number of rotatable bonds is 7. The van der Waals surface area contributed by atoms with Crippen LogP contribution in [-0.2, 0) is 19.5 Å². The molecule has 0 spiro atoms. The van der Waals surface area contributed by atoms with Gasteiger partial charge in [-0.2, -0.15) is 10.3 Å². The van der Waals surface area contributed by atoms with Crippen LogP contribution in [0.4, 0.5) is 0 Å². The fraction of sp³-hybridized carbons (Fsp3) is 0. The van der Waals surface area contributed by atoms with Gasteiger partial charge in [-0.25, -0.2) is 4.79 Å².